The third kappa shape index (κ3) is 4.02. The Morgan fingerprint density at radius 2 is 1.93 bits per heavy atom. The number of amides is 1. The monoisotopic (exact) mass is 406 g/mol. The summed E-state index contributed by atoms with van der Waals surface area (Å²) in [5.74, 6) is 1.40. The standard InChI is InChI=1S/C21H22N6OS/c1-26-18(15-8-4-3-5-9-15)14-17(25-26)21(28)22-16(11-13-29-2)20-24-23-19-10-6-7-12-27(19)20/h3-10,12,14,16H,11,13H2,1-2H3,(H,22,28). The van der Waals surface area contributed by atoms with Crippen LogP contribution in [0.5, 0.6) is 0 Å². The predicted molar refractivity (Wildman–Crippen MR) is 115 cm³/mol. The molecule has 1 unspecified atom stereocenters. The van der Waals surface area contributed by atoms with E-state index in [1.165, 1.54) is 0 Å². The normalized spacial score (nSPS) is 12.2. The zero-order valence-electron chi connectivity index (χ0n) is 16.3. The van der Waals surface area contributed by atoms with Gasteiger partial charge in [0.2, 0.25) is 0 Å². The number of nitrogens with one attached hydrogen (secondary N) is 1. The minimum absolute atomic E-state index is 0.221. The maximum absolute atomic E-state index is 13.0. The molecule has 3 heterocycles. The van der Waals surface area contributed by atoms with Crippen molar-refractivity contribution in [2.45, 2.75) is 12.5 Å². The van der Waals surface area contributed by atoms with Gasteiger partial charge in [-0.2, -0.15) is 16.9 Å². The van der Waals surface area contributed by atoms with E-state index in [-0.39, 0.29) is 11.9 Å². The first-order chi connectivity index (χ1) is 14.2. The molecular formula is C21H22N6OS. The molecule has 0 spiro atoms. The Morgan fingerprint density at radius 1 is 1.14 bits per heavy atom. The average molecular weight is 407 g/mol. The lowest BCUT2D eigenvalue weighted by atomic mass is 10.1. The van der Waals surface area contributed by atoms with E-state index in [1.807, 2.05) is 78.5 Å². The van der Waals surface area contributed by atoms with Gasteiger partial charge < -0.3 is 5.32 Å². The van der Waals surface area contributed by atoms with Gasteiger partial charge in [-0.3, -0.25) is 13.9 Å². The fraction of sp³-hybridized carbons (Fsp3) is 0.238. The van der Waals surface area contributed by atoms with Gasteiger partial charge in [-0.25, -0.2) is 0 Å². The first-order valence-electron chi connectivity index (χ1n) is 9.36. The Bertz CT molecular complexity index is 1120. The molecule has 0 aliphatic rings. The molecule has 0 saturated carbocycles. The van der Waals surface area contributed by atoms with Crippen molar-refractivity contribution in [2.24, 2.45) is 7.05 Å². The van der Waals surface area contributed by atoms with E-state index in [0.717, 1.165) is 34.9 Å². The van der Waals surface area contributed by atoms with Crippen LogP contribution < -0.4 is 5.32 Å². The highest BCUT2D eigenvalue weighted by molar-refractivity contribution is 7.98. The summed E-state index contributed by atoms with van der Waals surface area (Å²) < 4.78 is 3.65. The van der Waals surface area contributed by atoms with Crippen LogP contribution in [0, 0.1) is 0 Å². The maximum atomic E-state index is 13.0. The van der Waals surface area contributed by atoms with Gasteiger partial charge in [0, 0.05) is 13.2 Å². The molecule has 0 fully saturated rings. The molecule has 29 heavy (non-hydrogen) atoms. The van der Waals surface area contributed by atoms with Gasteiger partial charge in [-0.15, -0.1) is 10.2 Å². The predicted octanol–water partition coefficient (Wildman–Crippen LogP) is 3.35. The van der Waals surface area contributed by atoms with Crippen molar-refractivity contribution in [3.63, 3.8) is 0 Å². The summed E-state index contributed by atoms with van der Waals surface area (Å²) in [7, 11) is 1.84. The number of benzene rings is 1. The van der Waals surface area contributed by atoms with Crippen molar-refractivity contribution >= 4 is 23.3 Å². The highest BCUT2D eigenvalue weighted by Gasteiger charge is 2.22. The molecule has 1 aromatic carbocycles. The smallest absolute Gasteiger partial charge is 0.272 e. The Hall–Kier alpha value is -3.13. The fourth-order valence-corrected chi connectivity index (χ4v) is 3.76. The second-order valence-electron chi connectivity index (χ2n) is 6.70. The van der Waals surface area contributed by atoms with E-state index in [0.29, 0.717) is 5.69 Å². The van der Waals surface area contributed by atoms with Crippen molar-refractivity contribution in [3.8, 4) is 11.3 Å². The summed E-state index contributed by atoms with van der Waals surface area (Å²) in [6.07, 6.45) is 4.71. The largest absolute Gasteiger partial charge is 0.341 e. The molecule has 0 radical (unpaired) electrons. The van der Waals surface area contributed by atoms with E-state index in [9.17, 15) is 4.79 Å². The number of hydrogen-bond acceptors (Lipinski definition) is 5. The third-order valence-corrected chi connectivity index (χ3v) is 5.39. The van der Waals surface area contributed by atoms with Gasteiger partial charge in [0.15, 0.2) is 17.2 Å². The van der Waals surface area contributed by atoms with Crippen LogP contribution in [0.1, 0.15) is 28.8 Å². The summed E-state index contributed by atoms with van der Waals surface area (Å²) in [5, 5.41) is 16.1. The number of carbonyl (C=O) groups excluding carboxylic acids is 1. The molecule has 0 aliphatic heterocycles. The summed E-state index contributed by atoms with van der Waals surface area (Å²) in [6, 6.07) is 17.2. The molecule has 1 amide bonds. The highest BCUT2D eigenvalue weighted by Crippen LogP contribution is 2.22. The molecule has 0 aliphatic carbocycles. The van der Waals surface area contributed by atoms with E-state index >= 15 is 0 Å². The van der Waals surface area contributed by atoms with Crippen LogP contribution in [-0.2, 0) is 7.05 Å². The van der Waals surface area contributed by atoms with Crippen molar-refractivity contribution in [2.75, 3.05) is 12.0 Å². The molecule has 4 aromatic rings. The van der Waals surface area contributed by atoms with Crippen LogP contribution in [0.3, 0.4) is 0 Å². The molecule has 8 heteroatoms. The van der Waals surface area contributed by atoms with Crippen LogP contribution in [-0.4, -0.2) is 42.3 Å². The Labute approximate surface area is 173 Å². The van der Waals surface area contributed by atoms with Crippen LogP contribution in [0.25, 0.3) is 16.9 Å². The number of aryl methyl sites for hydroxylation is 1. The van der Waals surface area contributed by atoms with Gasteiger partial charge in [0.05, 0.1) is 11.7 Å². The second kappa shape index (κ2) is 8.48. The lowest BCUT2D eigenvalue weighted by Gasteiger charge is -2.16. The van der Waals surface area contributed by atoms with Crippen molar-refractivity contribution in [3.05, 3.63) is 72.3 Å². The van der Waals surface area contributed by atoms with Gasteiger partial charge in [0.1, 0.15) is 0 Å². The van der Waals surface area contributed by atoms with E-state index in [1.54, 1.807) is 16.4 Å². The first kappa shape index (κ1) is 19.2. The number of nitrogens with zero attached hydrogens (tertiary/aromatic N) is 5. The lowest BCUT2D eigenvalue weighted by Crippen LogP contribution is -2.30. The number of carbonyl (C=O) groups is 1. The minimum Gasteiger partial charge on any atom is -0.341 e. The van der Waals surface area contributed by atoms with E-state index < -0.39 is 0 Å². The van der Waals surface area contributed by atoms with Gasteiger partial charge >= 0.3 is 0 Å². The summed E-state index contributed by atoms with van der Waals surface area (Å²) in [4.78, 5) is 13.0. The van der Waals surface area contributed by atoms with Crippen molar-refractivity contribution in [1.82, 2.24) is 29.7 Å². The van der Waals surface area contributed by atoms with Crippen LogP contribution >= 0.6 is 11.8 Å². The lowest BCUT2D eigenvalue weighted by molar-refractivity contribution is 0.0928. The van der Waals surface area contributed by atoms with Crippen LogP contribution in [0.15, 0.2) is 60.8 Å². The van der Waals surface area contributed by atoms with E-state index in [4.69, 9.17) is 0 Å². The Balaban J connectivity index is 1.60. The van der Waals surface area contributed by atoms with Crippen LogP contribution in [0.4, 0.5) is 0 Å². The van der Waals surface area contributed by atoms with Gasteiger partial charge in [-0.05, 0) is 42.2 Å². The maximum Gasteiger partial charge on any atom is 0.272 e. The SMILES string of the molecule is CSCCC(NC(=O)c1cc(-c2ccccc2)n(C)n1)c1nnc2ccccn12. The molecule has 4 rings (SSSR count). The highest BCUT2D eigenvalue weighted by atomic mass is 32.2. The molecule has 3 aromatic heterocycles. The molecule has 1 N–H and O–H groups in total. The summed E-state index contributed by atoms with van der Waals surface area (Å²) >= 11 is 1.73. The molecule has 0 bridgehead atoms. The molecule has 0 saturated heterocycles. The minimum atomic E-state index is -0.255. The number of aromatic nitrogens is 5. The summed E-state index contributed by atoms with van der Waals surface area (Å²) in [5.41, 5.74) is 3.05. The second-order valence-corrected chi connectivity index (χ2v) is 7.68. The number of thioether (sulfide) groups is 1. The summed E-state index contributed by atoms with van der Waals surface area (Å²) in [6.45, 7) is 0. The first-order valence-corrected chi connectivity index (χ1v) is 10.8. The number of fused-ring (bicyclic) bond motifs is 1. The molecule has 1 atom stereocenters. The number of rotatable bonds is 7. The van der Waals surface area contributed by atoms with E-state index in [2.05, 4.69) is 20.6 Å². The fourth-order valence-electron chi connectivity index (χ4n) is 3.29. The number of hydrogen-bond donors (Lipinski definition) is 1. The molecule has 7 nitrogen and oxygen atoms in total. The zero-order valence-corrected chi connectivity index (χ0v) is 17.1. The molecular weight excluding hydrogens is 384 g/mol. The van der Waals surface area contributed by atoms with Gasteiger partial charge in [-0.1, -0.05) is 36.4 Å². The third-order valence-electron chi connectivity index (χ3n) is 4.75. The molecule has 148 valence electrons. The quantitative estimate of drug-likeness (QED) is 0.509. The van der Waals surface area contributed by atoms with Crippen LogP contribution in [0.2, 0.25) is 0 Å². The van der Waals surface area contributed by atoms with Crippen molar-refractivity contribution < 1.29 is 4.79 Å². The van der Waals surface area contributed by atoms with Crippen molar-refractivity contribution in [1.29, 1.82) is 0 Å². The number of pyridine rings is 1. The topological polar surface area (TPSA) is 77.1 Å². The average Bonchev–Trinajstić information content (AvgIpc) is 3.35. The zero-order chi connectivity index (χ0) is 20.2. The Kier molecular flexibility index (Phi) is 5.62. The van der Waals surface area contributed by atoms with Gasteiger partial charge in [0.25, 0.3) is 5.91 Å². The Morgan fingerprint density at radius 3 is 2.72 bits per heavy atom.